The van der Waals surface area contributed by atoms with Gasteiger partial charge in [0.2, 0.25) is 52.2 Å². The molecule has 6 aliphatic rings. The fourth-order valence-electron chi connectivity index (χ4n) is 16.6. The lowest BCUT2D eigenvalue weighted by molar-refractivity contribution is -0.152. The number of ketones is 3. The lowest BCUT2D eigenvalue weighted by Crippen LogP contribution is -2.41. The van der Waals surface area contributed by atoms with Crippen molar-refractivity contribution in [3.05, 3.63) is 0 Å². The first-order valence-electron chi connectivity index (χ1n) is 48.1. The molecule has 6 aliphatic heterocycles. The van der Waals surface area contributed by atoms with Crippen molar-refractivity contribution in [1.82, 2.24) is 53.7 Å². The molecule has 15 atom stereocenters. The van der Waals surface area contributed by atoms with Gasteiger partial charge in [-0.2, -0.15) is 15.8 Å². The van der Waals surface area contributed by atoms with Gasteiger partial charge in [-0.3, -0.25) is 62.8 Å². The summed E-state index contributed by atoms with van der Waals surface area (Å²) in [6.07, 6.45) is 11.2. The highest BCUT2D eigenvalue weighted by atomic mass is 31.2. The summed E-state index contributed by atoms with van der Waals surface area (Å²) in [4.78, 5) is 158. The molecular formula is C94H169N14O21P3. The van der Waals surface area contributed by atoms with Crippen molar-refractivity contribution in [2.75, 3.05) is 142 Å². The van der Waals surface area contributed by atoms with E-state index < -0.39 is 25.3 Å². The lowest BCUT2D eigenvalue weighted by atomic mass is 10.0. The van der Waals surface area contributed by atoms with Crippen LogP contribution in [0.4, 0.5) is 0 Å². The van der Waals surface area contributed by atoms with Gasteiger partial charge in [-0.1, -0.05) is 83.1 Å². The molecule has 132 heavy (non-hydrogen) atoms. The Hall–Kier alpha value is -6.44. The van der Waals surface area contributed by atoms with E-state index in [1.54, 1.807) is 9.80 Å². The minimum absolute atomic E-state index is 0.00584. The zero-order chi connectivity index (χ0) is 100. The van der Waals surface area contributed by atoms with Crippen molar-refractivity contribution >= 4 is 96.0 Å². The molecule has 0 spiro atoms. The second-order valence-electron chi connectivity index (χ2n) is 35.5. The molecular weight excluding hydrogens is 1750 g/mol. The summed E-state index contributed by atoms with van der Waals surface area (Å²) in [5.41, 5.74) is 0. The number of likely N-dealkylation sites (tertiary alicyclic amines) is 6. The van der Waals surface area contributed by atoms with Crippen LogP contribution >= 0.6 is 25.3 Å². The highest BCUT2D eigenvalue weighted by Gasteiger charge is 2.45. The van der Waals surface area contributed by atoms with Gasteiger partial charge in [0, 0.05) is 152 Å². The fourth-order valence-corrected chi connectivity index (χ4v) is 22.0. The number of rotatable bonds is 48. The first-order valence-corrected chi connectivity index (χ1v) is 51.7. The van der Waals surface area contributed by atoms with E-state index in [-0.39, 0.29) is 194 Å². The predicted octanol–water partition coefficient (Wildman–Crippen LogP) is 13.4. The van der Waals surface area contributed by atoms with E-state index in [0.717, 1.165) is 64.6 Å². The molecule has 0 aromatic rings. The highest BCUT2D eigenvalue weighted by Crippen LogP contribution is 2.52. The Morgan fingerprint density at radius 1 is 0.341 bits per heavy atom. The van der Waals surface area contributed by atoms with Gasteiger partial charge in [0.25, 0.3) is 8.53 Å². The number of carbonyl (C=O) groups excluding carboxylic acids is 12. The molecule has 6 amide bonds. The molecule has 38 heteroatoms. The van der Waals surface area contributed by atoms with Crippen LogP contribution in [0.5, 0.6) is 0 Å². The van der Waals surface area contributed by atoms with Crippen molar-refractivity contribution in [3.63, 3.8) is 0 Å². The molecule has 3 unspecified atom stereocenters. The molecule has 0 radical (unpaired) electrons. The summed E-state index contributed by atoms with van der Waals surface area (Å²) in [5.74, 6) is 0.806. The summed E-state index contributed by atoms with van der Waals surface area (Å²) in [7, 11) is 12.2. The monoisotopic (exact) mass is 1920 g/mol. The zero-order valence-corrected chi connectivity index (χ0v) is 88.1. The molecule has 6 heterocycles. The summed E-state index contributed by atoms with van der Waals surface area (Å²) in [6, 6.07) is 7.00. The van der Waals surface area contributed by atoms with E-state index in [0.29, 0.717) is 142 Å². The number of Topliss-reactive ketones (excluding diaryl/α,β-unsaturated/α-hetero) is 3. The lowest BCUT2D eigenvalue weighted by Gasteiger charge is -2.38. The van der Waals surface area contributed by atoms with Crippen molar-refractivity contribution in [1.29, 1.82) is 15.8 Å². The Bertz CT molecular complexity index is 3320. The molecule has 756 valence electrons. The van der Waals surface area contributed by atoms with E-state index in [1.807, 2.05) is 138 Å². The van der Waals surface area contributed by atoms with Gasteiger partial charge in [-0.25, -0.2) is 4.67 Å². The largest absolute Gasteiger partial charge is 0.460 e. The molecule has 0 saturated carbocycles. The second-order valence-corrected chi connectivity index (χ2v) is 39.9. The number of esters is 3. The summed E-state index contributed by atoms with van der Waals surface area (Å²) in [5, 5.41) is 26.4. The van der Waals surface area contributed by atoms with Gasteiger partial charge in [-0.15, -0.1) is 0 Å². The van der Waals surface area contributed by atoms with Crippen LogP contribution in [0.25, 0.3) is 0 Å². The van der Waals surface area contributed by atoms with E-state index >= 15 is 0 Å². The van der Waals surface area contributed by atoms with Crippen LogP contribution in [0, 0.1) is 57.7 Å². The highest BCUT2D eigenvalue weighted by molar-refractivity contribution is 7.48. The standard InChI is InChI=1S/C18H34N3O3P.2C17H33N4O3P.3C14H23NO4/c1-7-16-17(10-12-20(16)18(22)8-2)24-25(23-13-9-11-19)21(14(3)4)15(5)6;2*1-7-14-12-21(16(22)8-2)13-15(14)24-25(23-11-9-10-18)17(19(3)4)20(5)6;2*1-4-11-8-15(13(17)5-2)9-12(11)19-14(18)7-6-10(3)16;1-4-11-12(8-9-15(11)13(17)5-2)19-14(18)7-6-10(3)16/h14-17H,7-10,12-13H2,1-6H3;2*14-15,17H,7-9,11-13H2,1-6H3;3*11-12H,4-9H2,1-3H3/t16-,17-,25?;14-,15+,25?;14-,15-,25?;11-,12+;2*11-,12-/m011110/s1. The van der Waals surface area contributed by atoms with E-state index in [4.69, 9.17) is 57.1 Å². The smallest absolute Gasteiger partial charge is 0.306 e. The Kier molecular flexibility index (Phi) is 63.4. The van der Waals surface area contributed by atoms with Crippen LogP contribution in [-0.4, -0.2) is 339 Å². The van der Waals surface area contributed by atoms with Gasteiger partial charge in [0.15, 0.2) is 0 Å². The number of ether oxygens (including phenoxy) is 3. The van der Waals surface area contributed by atoms with Crippen LogP contribution in [0.1, 0.15) is 279 Å². The van der Waals surface area contributed by atoms with Gasteiger partial charge >= 0.3 is 17.9 Å². The normalized spacial score (nSPS) is 22.2. The second kappa shape index (κ2) is 67.7. The number of amides is 6. The summed E-state index contributed by atoms with van der Waals surface area (Å²) >= 11 is 0. The number of hydrogen-bond acceptors (Lipinski definition) is 29. The average molecular weight is 1920 g/mol. The maximum Gasteiger partial charge on any atom is 0.306 e. The number of hydrogen-bond donors (Lipinski definition) is 0. The minimum atomic E-state index is -1.26. The minimum Gasteiger partial charge on any atom is -0.460 e. The Balaban J connectivity index is 0.000000796. The van der Waals surface area contributed by atoms with Crippen molar-refractivity contribution in [2.45, 2.75) is 352 Å². The van der Waals surface area contributed by atoms with Gasteiger partial charge in [-0.05, 0) is 150 Å². The van der Waals surface area contributed by atoms with E-state index in [2.05, 4.69) is 90.9 Å². The van der Waals surface area contributed by atoms with Crippen LogP contribution in [0.15, 0.2) is 0 Å². The molecule has 0 N–H and O–H groups in total. The molecule has 0 aromatic heterocycles. The first-order chi connectivity index (χ1) is 62.5. The predicted molar refractivity (Wildman–Crippen MR) is 512 cm³/mol. The SMILES string of the molecule is CCC(=O)N1CC[C@H](OC(=O)CCC(C)=O)[C@@H]1CC.CCC(=O)N1CC[C@H](OP(OCCC#N)N(C(C)C)C(C)C)[C@@H]1CC.CCC(=O)N1C[C@@H](CC)[C@@H](OC(=O)CCC(C)=O)C1.CCC(=O)N1C[C@@H](CC)[C@@H](OP(OCCC#N)C(N(C)C)N(C)C)C1.CCC(=O)N1C[C@@H](CC)[C@H](OC(=O)CCC(C)=O)C1.CCC(=O)N1C[C@@H](CC)[C@H](OP(OCCC#N)C(N(C)C)N(C)C)C1. The number of nitriles is 3. The van der Waals surface area contributed by atoms with Crippen LogP contribution in [-0.2, 0) is 98.9 Å². The molecule has 6 saturated heterocycles. The van der Waals surface area contributed by atoms with Gasteiger partial charge < -0.3 is 85.1 Å². The number of carbonyl (C=O) groups is 12. The maximum atomic E-state index is 12.2. The van der Waals surface area contributed by atoms with Gasteiger partial charge in [0.05, 0.1) is 120 Å². The molecule has 6 fully saturated rings. The third-order valence-corrected chi connectivity index (χ3v) is 30.2. The van der Waals surface area contributed by atoms with Crippen LogP contribution < -0.4 is 0 Å². The van der Waals surface area contributed by atoms with Crippen molar-refractivity contribution in [3.8, 4) is 18.2 Å². The Morgan fingerprint density at radius 2 is 0.606 bits per heavy atom. The third-order valence-electron chi connectivity index (χ3n) is 23.6. The average Bonchev–Trinajstić information content (AvgIpc) is 1.68. The van der Waals surface area contributed by atoms with Gasteiger partial charge in [0.1, 0.15) is 47.5 Å². The first kappa shape index (κ1) is 124. The zero-order valence-electron chi connectivity index (χ0n) is 85.4. The van der Waals surface area contributed by atoms with Crippen LogP contribution in [0.2, 0.25) is 0 Å². The van der Waals surface area contributed by atoms with Crippen molar-refractivity contribution < 1.29 is 98.9 Å². The Labute approximate surface area is 795 Å². The third kappa shape index (κ3) is 43.9. The molecule has 0 bridgehead atoms. The summed E-state index contributed by atoms with van der Waals surface area (Å²) < 4.78 is 55.7. The molecule has 0 aliphatic carbocycles. The van der Waals surface area contributed by atoms with E-state index in [1.165, 1.54) is 20.8 Å². The summed E-state index contributed by atoms with van der Waals surface area (Å²) in [6.45, 7) is 44.0. The molecule has 0 aromatic carbocycles. The molecule has 35 nitrogen and oxygen atoms in total. The molecule has 6 rings (SSSR count). The van der Waals surface area contributed by atoms with Crippen LogP contribution in [0.3, 0.4) is 0 Å². The van der Waals surface area contributed by atoms with E-state index in [9.17, 15) is 57.5 Å². The van der Waals surface area contributed by atoms with Crippen molar-refractivity contribution in [2.24, 2.45) is 23.7 Å². The topological polar surface area (TPSA) is 395 Å². The number of nitrogens with zero attached hydrogens (tertiary/aromatic N) is 14. The maximum absolute atomic E-state index is 12.2. The quantitative estimate of drug-likeness (QED) is 0.0179. The Morgan fingerprint density at radius 3 is 0.864 bits per heavy atom. The fraction of sp³-hybridized carbons (Fsp3) is 0.840.